The summed E-state index contributed by atoms with van der Waals surface area (Å²) in [6.45, 7) is 2.59. The SMILES string of the molecule is CCNc1ncc(F)c(Sc2ccc(Cl)cn2)n1. The fourth-order valence-corrected chi connectivity index (χ4v) is 2.02. The van der Waals surface area contributed by atoms with E-state index in [1.807, 2.05) is 6.92 Å². The summed E-state index contributed by atoms with van der Waals surface area (Å²) >= 11 is 6.86. The summed E-state index contributed by atoms with van der Waals surface area (Å²) in [5, 5.41) is 4.32. The van der Waals surface area contributed by atoms with Crippen LogP contribution in [-0.2, 0) is 0 Å². The molecule has 0 radical (unpaired) electrons. The Hall–Kier alpha value is -1.40. The first-order valence-corrected chi connectivity index (χ1v) is 6.44. The molecule has 0 aliphatic heterocycles. The maximum absolute atomic E-state index is 13.5. The fraction of sp³-hybridized carbons (Fsp3) is 0.182. The number of hydrogen-bond donors (Lipinski definition) is 1. The van der Waals surface area contributed by atoms with Crippen LogP contribution >= 0.6 is 23.4 Å². The third-order valence-electron chi connectivity index (χ3n) is 1.95. The average Bonchev–Trinajstić information content (AvgIpc) is 2.36. The van der Waals surface area contributed by atoms with E-state index >= 15 is 0 Å². The molecule has 0 amide bonds. The van der Waals surface area contributed by atoms with Gasteiger partial charge in [-0.3, -0.25) is 0 Å². The average molecular weight is 285 g/mol. The molecular formula is C11H10ClFN4S. The molecule has 4 nitrogen and oxygen atoms in total. The molecule has 2 aromatic rings. The molecule has 0 saturated carbocycles. The van der Waals surface area contributed by atoms with Crippen LogP contribution in [0.4, 0.5) is 10.3 Å². The minimum Gasteiger partial charge on any atom is -0.354 e. The van der Waals surface area contributed by atoms with Gasteiger partial charge < -0.3 is 5.32 Å². The van der Waals surface area contributed by atoms with Gasteiger partial charge in [-0.1, -0.05) is 11.6 Å². The number of nitrogens with one attached hydrogen (secondary N) is 1. The zero-order valence-electron chi connectivity index (χ0n) is 9.52. The highest BCUT2D eigenvalue weighted by Gasteiger charge is 2.09. The Balaban J connectivity index is 2.22. The molecule has 0 aliphatic rings. The van der Waals surface area contributed by atoms with E-state index in [1.165, 1.54) is 6.20 Å². The number of rotatable bonds is 4. The van der Waals surface area contributed by atoms with E-state index < -0.39 is 5.82 Å². The third-order valence-corrected chi connectivity index (χ3v) is 3.10. The minimum atomic E-state index is -0.474. The maximum Gasteiger partial charge on any atom is 0.223 e. The van der Waals surface area contributed by atoms with E-state index in [4.69, 9.17) is 11.6 Å². The van der Waals surface area contributed by atoms with Crippen molar-refractivity contribution in [2.45, 2.75) is 17.0 Å². The minimum absolute atomic E-state index is 0.232. The number of hydrogen-bond acceptors (Lipinski definition) is 5. The largest absolute Gasteiger partial charge is 0.354 e. The Bertz CT molecular complexity index is 535. The molecule has 94 valence electrons. The first-order valence-electron chi connectivity index (χ1n) is 5.25. The summed E-state index contributed by atoms with van der Waals surface area (Å²) in [4.78, 5) is 12.0. The van der Waals surface area contributed by atoms with Gasteiger partial charge in [-0.25, -0.2) is 19.3 Å². The van der Waals surface area contributed by atoms with Gasteiger partial charge in [0.05, 0.1) is 11.2 Å². The molecule has 2 aromatic heterocycles. The Morgan fingerprint density at radius 1 is 1.33 bits per heavy atom. The molecule has 0 atom stereocenters. The molecule has 0 saturated heterocycles. The number of anilines is 1. The molecule has 2 heterocycles. The summed E-state index contributed by atoms with van der Waals surface area (Å²) in [7, 11) is 0. The third kappa shape index (κ3) is 3.30. The summed E-state index contributed by atoms with van der Waals surface area (Å²) in [6, 6.07) is 3.41. The standard InChI is InChI=1S/C11H10ClFN4S/c1-2-14-11-16-6-8(13)10(17-11)18-9-4-3-7(12)5-15-9/h3-6H,2H2,1H3,(H,14,16,17). The van der Waals surface area contributed by atoms with Crippen LogP contribution in [-0.4, -0.2) is 21.5 Å². The van der Waals surface area contributed by atoms with Crippen LogP contribution in [0.2, 0.25) is 5.02 Å². The second kappa shape index (κ2) is 5.97. The van der Waals surface area contributed by atoms with Crippen LogP contribution in [0, 0.1) is 5.82 Å². The quantitative estimate of drug-likeness (QED) is 0.874. The van der Waals surface area contributed by atoms with Gasteiger partial charge in [-0.2, -0.15) is 0 Å². The van der Waals surface area contributed by atoms with E-state index in [0.717, 1.165) is 18.0 Å². The molecule has 0 bridgehead atoms. The van der Waals surface area contributed by atoms with Gasteiger partial charge in [0.2, 0.25) is 5.95 Å². The van der Waals surface area contributed by atoms with E-state index in [-0.39, 0.29) is 5.03 Å². The van der Waals surface area contributed by atoms with Crippen molar-refractivity contribution in [3.63, 3.8) is 0 Å². The number of pyridine rings is 1. The normalized spacial score (nSPS) is 10.4. The Morgan fingerprint density at radius 2 is 2.17 bits per heavy atom. The number of nitrogens with zero attached hydrogens (tertiary/aromatic N) is 3. The molecule has 0 aromatic carbocycles. The first kappa shape index (κ1) is 13.0. The second-order valence-electron chi connectivity index (χ2n) is 3.29. The second-order valence-corrected chi connectivity index (χ2v) is 4.74. The molecule has 7 heteroatoms. The van der Waals surface area contributed by atoms with Gasteiger partial charge in [-0.05, 0) is 30.8 Å². The van der Waals surface area contributed by atoms with Gasteiger partial charge >= 0.3 is 0 Å². The van der Waals surface area contributed by atoms with Crippen LogP contribution in [0.5, 0.6) is 0 Å². The number of aromatic nitrogens is 3. The van der Waals surface area contributed by atoms with Gasteiger partial charge in [0, 0.05) is 12.7 Å². The highest BCUT2D eigenvalue weighted by molar-refractivity contribution is 7.99. The maximum atomic E-state index is 13.5. The monoisotopic (exact) mass is 284 g/mol. The molecule has 2 rings (SSSR count). The topological polar surface area (TPSA) is 50.7 Å². The van der Waals surface area contributed by atoms with E-state index in [1.54, 1.807) is 12.1 Å². The Morgan fingerprint density at radius 3 is 2.83 bits per heavy atom. The summed E-state index contributed by atoms with van der Waals surface area (Å²) in [5.41, 5.74) is 0. The lowest BCUT2D eigenvalue weighted by atomic mass is 10.5. The van der Waals surface area contributed by atoms with Crippen molar-refractivity contribution in [3.05, 3.63) is 35.4 Å². The van der Waals surface area contributed by atoms with Crippen molar-refractivity contribution in [2.24, 2.45) is 0 Å². The van der Waals surface area contributed by atoms with E-state index in [9.17, 15) is 4.39 Å². The van der Waals surface area contributed by atoms with Gasteiger partial charge in [-0.15, -0.1) is 0 Å². The fourth-order valence-electron chi connectivity index (χ4n) is 1.19. The molecule has 0 unspecified atom stereocenters. The highest BCUT2D eigenvalue weighted by Crippen LogP contribution is 2.27. The summed E-state index contributed by atoms with van der Waals surface area (Å²) in [5.74, 6) is -0.0752. The molecular weight excluding hydrogens is 275 g/mol. The van der Waals surface area contributed by atoms with E-state index in [0.29, 0.717) is 22.5 Å². The Labute approximate surface area is 113 Å². The van der Waals surface area contributed by atoms with Crippen molar-refractivity contribution in [3.8, 4) is 0 Å². The smallest absolute Gasteiger partial charge is 0.223 e. The first-order chi connectivity index (χ1) is 8.69. The van der Waals surface area contributed by atoms with Crippen molar-refractivity contribution < 1.29 is 4.39 Å². The number of halogens is 2. The van der Waals surface area contributed by atoms with Crippen molar-refractivity contribution in [1.29, 1.82) is 0 Å². The predicted octanol–water partition coefficient (Wildman–Crippen LogP) is 3.25. The van der Waals surface area contributed by atoms with Crippen LogP contribution in [0.15, 0.2) is 34.6 Å². The van der Waals surface area contributed by atoms with Crippen molar-refractivity contribution in [2.75, 3.05) is 11.9 Å². The highest BCUT2D eigenvalue weighted by atomic mass is 35.5. The zero-order valence-corrected chi connectivity index (χ0v) is 11.1. The molecule has 18 heavy (non-hydrogen) atoms. The molecule has 1 N–H and O–H groups in total. The lowest BCUT2D eigenvalue weighted by Crippen LogP contribution is -2.03. The molecule has 0 aliphatic carbocycles. The molecule has 0 fully saturated rings. The van der Waals surface area contributed by atoms with Crippen molar-refractivity contribution >= 4 is 29.3 Å². The lowest BCUT2D eigenvalue weighted by molar-refractivity contribution is 0.579. The Kier molecular flexibility index (Phi) is 4.33. The van der Waals surface area contributed by atoms with E-state index in [2.05, 4.69) is 20.3 Å². The van der Waals surface area contributed by atoms with Crippen LogP contribution in [0.1, 0.15) is 6.92 Å². The molecule has 0 spiro atoms. The zero-order chi connectivity index (χ0) is 13.0. The lowest BCUT2D eigenvalue weighted by Gasteiger charge is -2.05. The van der Waals surface area contributed by atoms with Crippen LogP contribution in [0.3, 0.4) is 0 Å². The van der Waals surface area contributed by atoms with Gasteiger partial charge in [0.25, 0.3) is 0 Å². The van der Waals surface area contributed by atoms with Crippen LogP contribution < -0.4 is 5.32 Å². The summed E-state index contributed by atoms with van der Waals surface area (Å²) in [6.07, 6.45) is 2.65. The van der Waals surface area contributed by atoms with Gasteiger partial charge in [0.15, 0.2) is 5.82 Å². The summed E-state index contributed by atoms with van der Waals surface area (Å²) < 4.78 is 13.5. The predicted molar refractivity (Wildman–Crippen MR) is 69.5 cm³/mol. The van der Waals surface area contributed by atoms with Gasteiger partial charge in [0.1, 0.15) is 10.1 Å². The van der Waals surface area contributed by atoms with Crippen molar-refractivity contribution in [1.82, 2.24) is 15.0 Å². The van der Waals surface area contributed by atoms with Crippen LogP contribution in [0.25, 0.3) is 0 Å².